The molecule has 0 rings (SSSR count). The number of aliphatic hydroxyl groups excluding tert-OH is 1. The number of aliphatic hydroxyl groups is 1. The Morgan fingerprint density at radius 2 is 0.861 bits per heavy atom. The number of amides is 1. The van der Waals surface area contributed by atoms with E-state index in [1.807, 2.05) is 27.2 Å². The van der Waals surface area contributed by atoms with Gasteiger partial charge in [0.1, 0.15) is 13.2 Å². The van der Waals surface area contributed by atoms with E-state index in [2.05, 4.69) is 141 Å². The van der Waals surface area contributed by atoms with Gasteiger partial charge in [-0.1, -0.05) is 225 Å². The first-order chi connectivity index (χ1) is 35.0. The second kappa shape index (κ2) is 52.5. The summed E-state index contributed by atoms with van der Waals surface area (Å²) < 4.78 is 23.3. The number of rotatable bonds is 50. The number of quaternary nitrogens is 1. The molecule has 0 saturated carbocycles. The fraction of sp³-hybridized carbons (Fsp3) is 0.635. The van der Waals surface area contributed by atoms with Gasteiger partial charge in [-0.2, -0.15) is 0 Å². The number of phosphoric acid groups is 1. The molecule has 0 aliphatic carbocycles. The summed E-state index contributed by atoms with van der Waals surface area (Å²) in [6.45, 7) is 4.46. The highest BCUT2D eigenvalue weighted by atomic mass is 31.2. The molecule has 3 atom stereocenters. The molecule has 2 N–H and O–H groups in total. The van der Waals surface area contributed by atoms with E-state index in [1.165, 1.54) is 89.9 Å². The number of allylic oxidation sites excluding steroid dienone is 21. The number of phosphoric ester groups is 1. The molecule has 0 saturated heterocycles. The van der Waals surface area contributed by atoms with Crippen LogP contribution < -0.4 is 10.2 Å². The molecule has 0 aromatic heterocycles. The smallest absolute Gasteiger partial charge is 0.268 e. The Kier molecular flexibility index (Phi) is 50.1. The fourth-order valence-electron chi connectivity index (χ4n) is 7.38. The van der Waals surface area contributed by atoms with E-state index < -0.39 is 26.6 Å². The second-order valence-electron chi connectivity index (χ2n) is 19.9. The summed E-state index contributed by atoms with van der Waals surface area (Å²) in [6.07, 6.45) is 79.6. The van der Waals surface area contributed by atoms with Crippen LogP contribution in [0.4, 0.5) is 0 Å². The van der Waals surface area contributed by atoms with Crippen molar-refractivity contribution in [1.29, 1.82) is 0 Å². The van der Waals surface area contributed by atoms with E-state index in [1.54, 1.807) is 6.08 Å². The lowest BCUT2D eigenvalue weighted by molar-refractivity contribution is -0.870. The first kappa shape index (κ1) is 68.6. The topological polar surface area (TPSA) is 108 Å². The minimum Gasteiger partial charge on any atom is -0.756 e. The predicted molar refractivity (Wildman–Crippen MR) is 311 cm³/mol. The summed E-state index contributed by atoms with van der Waals surface area (Å²) in [4.78, 5) is 25.5. The molecule has 0 bridgehead atoms. The van der Waals surface area contributed by atoms with Crippen LogP contribution in [0.5, 0.6) is 0 Å². The van der Waals surface area contributed by atoms with E-state index in [0.29, 0.717) is 23.9 Å². The Hall–Kier alpha value is -3.36. The third-order valence-electron chi connectivity index (χ3n) is 11.8. The average Bonchev–Trinajstić information content (AvgIpc) is 3.34. The Morgan fingerprint density at radius 3 is 1.29 bits per heavy atom. The highest BCUT2D eigenvalue weighted by molar-refractivity contribution is 7.45. The molecule has 9 heteroatoms. The molecule has 1 amide bonds. The van der Waals surface area contributed by atoms with Gasteiger partial charge in [-0.05, 0) is 109 Å². The molecular formula is C63H107N2O6P. The molecule has 410 valence electrons. The van der Waals surface area contributed by atoms with Crippen LogP contribution in [-0.4, -0.2) is 68.5 Å². The van der Waals surface area contributed by atoms with Crippen LogP contribution in [0.3, 0.4) is 0 Å². The molecule has 3 unspecified atom stereocenters. The number of likely N-dealkylation sites (N-methyl/N-ethyl adjacent to an activating group) is 1. The highest BCUT2D eigenvalue weighted by Gasteiger charge is 2.23. The number of carbonyl (C=O) groups excluding carboxylic acids is 1. The SMILES string of the molecule is CC/C=C\C/C=C\C/C=C\C/C=C\C/C=C\C/C=C\C/C=C\C/C=C\CCCCC(=O)NC(COP(=O)([O-])OCC[N+](C)(C)C)C(O)/C=C/CC/C=C/CC/C=C/CCCCCCCCCCCCCCC. The van der Waals surface area contributed by atoms with E-state index in [4.69, 9.17) is 9.05 Å². The molecule has 0 heterocycles. The van der Waals surface area contributed by atoms with Gasteiger partial charge in [0, 0.05) is 6.42 Å². The van der Waals surface area contributed by atoms with Crippen LogP contribution in [0, 0.1) is 0 Å². The normalized spacial score (nSPS) is 14.9. The molecule has 0 fully saturated rings. The zero-order valence-corrected chi connectivity index (χ0v) is 47.5. The van der Waals surface area contributed by atoms with Crippen LogP contribution in [0.2, 0.25) is 0 Å². The predicted octanol–water partition coefficient (Wildman–Crippen LogP) is 16.9. The van der Waals surface area contributed by atoms with Gasteiger partial charge >= 0.3 is 0 Å². The number of nitrogens with zero attached hydrogens (tertiary/aromatic N) is 1. The molecule has 0 aromatic carbocycles. The van der Waals surface area contributed by atoms with Crippen LogP contribution >= 0.6 is 7.82 Å². The third kappa shape index (κ3) is 54.4. The maximum absolute atomic E-state index is 12.9. The van der Waals surface area contributed by atoms with Gasteiger partial charge < -0.3 is 28.8 Å². The number of carbonyl (C=O) groups is 1. The lowest BCUT2D eigenvalue weighted by Gasteiger charge is -2.29. The van der Waals surface area contributed by atoms with E-state index in [-0.39, 0.29) is 18.9 Å². The lowest BCUT2D eigenvalue weighted by atomic mass is 10.0. The molecule has 0 aliphatic heterocycles. The average molecular weight is 1020 g/mol. The molecule has 0 spiro atoms. The summed E-state index contributed by atoms with van der Waals surface area (Å²) in [5.41, 5.74) is 0. The van der Waals surface area contributed by atoms with E-state index in [9.17, 15) is 19.4 Å². The number of unbranched alkanes of at least 4 members (excludes halogenated alkanes) is 17. The monoisotopic (exact) mass is 1020 g/mol. The summed E-state index contributed by atoms with van der Waals surface area (Å²) in [5, 5.41) is 13.8. The summed E-state index contributed by atoms with van der Waals surface area (Å²) in [6, 6.07) is -0.945. The number of nitrogens with one attached hydrogen (secondary N) is 1. The van der Waals surface area contributed by atoms with Gasteiger partial charge in [0.2, 0.25) is 5.91 Å². The maximum atomic E-state index is 12.9. The van der Waals surface area contributed by atoms with Gasteiger partial charge in [0.15, 0.2) is 0 Å². The Balaban J connectivity index is 4.45. The van der Waals surface area contributed by atoms with Gasteiger partial charge in [0.05, 0.1) is 39.9 Å². The van der Waals surface area contributed by atoms with Crippen LogP contribution in [-0.2, 0) is 18.4 Å². The molecule has 72 heavy (non-hydrogen) atoms. The minimum absolute atomic E-state index is 0.0257. The van der Waals surface area contributed by atoms with Crippen molar-refractivity contribution < 1.29 is 32.9 Å². The van der Waals surface area contributed by atoms with Crippen molar-refractivity contribution in [3.8, 4) is 0 Å². The maximum Gasteiger partial charge on any atom is 0.268 e. The standard InChI is InChI=1S/C63H107N2O6P/c1-6-8-10-12-14-16-18-20-22-24-26-28-30-31-32-33-35-37-39-41-43-45-47-49-51-53-55-57-63(67)64-61(60-71-72(68,69)70-59-58-65(3,4)5)62(66)56-54-52-50-48-46-44-42-40-38-36-34-29-27-25-23-21-19-17-15-13-11-9-7-2/h8,10,14,16,20,22,26,28,31-32,35,37-38,40-41,43,46-49,54,56,61-62,66H,6-7,9,11-13,15,17-19,21,23-25,27,29-30,33-34,36,39,42,44-45,50-53,55,57-60H2,1-5H3,(H-,64,67,68,69)/b10-8-,16-14-,22-20-,28-26-,32-31-,37-35-,40-38+,43-41-,48-46+,49-47-,56-54+. The van der Waals surface area contributed by atoms with Gasteiger partial charge in [-0.3, -0.25) is 9.36 Å². The van der Waals surface area contributed by atoms with Crippen molar-refractivity contribution in [2.45, 2.75) is 219 Å². The number of hydrogen-bond donors (Lipinski definition) is 2. The molecule has 0 aliphatic rings. The van der Waals surface area contributed by atoms with Gasteiger partial charge in [0.25, 0.3) is 7.82 Å². The van der Waals surface area contributed by atoms with Gasteiger partial charge in [-0.15, -0.1) is 0 Å². The van der Waals surface area contributed by atoms with Crippen molar-refractivity contribution in [2.75, 3.05) is 40.9 Å². The largest absolute Gasteiger partial charge is 0.756 e. The third-order valence-corrected chi connectivity index (χ3v) is 12.8. The Bertz CT molecular complexity index is 1630. The van der Waals surface area contributed by atoms with Crippen molar-refractivity contribution in [2.24, 2.45) is 0 Å². The molecule has 0 aromatic rings. The first-order valence-corrected chi connectivity index (χ1v) is 30.0. The van der Waals surface area contributed by atoms with E-state index >= 15 is 0 Å². The van der Waals surface area contributed by atoms with Crippen molar-refractivity contribution in [3.05, 3.63) is 134 Å². The van der Waals surface area contributed by atoms with Crippen molar-refractivity contribution >= 4 is 13.7 Å². The minimum atomic E-state index is -4.63. The van der Waals surface area contributed by atoms with Crippen LogP contribution in [0.1, 0.15) is 206 Å². The van der Waals surface area contributed by atoms with Crippen LogP contribution in [0.25, 0.3) is 0 Å². The molecule has 8 nitrogen and oxygen atoms in total. The van der Waals surface area contributed by atoms with Gasteiger partial charge in [-0.25, -0.2) is 0 Å². The first-order valence-electron chi connectivity index (χ1n) is 28.5. The lowest BCUT2D eigenvalue weighted by Crippen LogP contribution is -2.45. The summed E-state index contributed by atoms with van der Waals surface area (Å²) >= 11 is 0. The Labute approximate surface area is 443 Å². The fourth-order valence-corrected chi connectivity index (χ4v) is 8.10. The molecule has 0 radical (unpaired) electrons. The Morgan fingerprint density at radius 1 is 0.500 bits per heavy atom. The quantitative estimate of drug-likeness (QED) is 0.0272. The number of hydrogen-bond acceptors (Lipinski definition) is 6. The second-order valence-corrected chi connectivity index (χ2v) is 21.3. The van der Waals surface area contributed by atoms with E-state index in [0.717, 1.165) is 83.5 Å². The summed E-state index contributed by atoms with van der Waals surface area (Å²) in [5.74, 6) is -0.259. The van der Waals surface area contributed by atoms with Crippen molar-refractivity contribution in [1.82, 2.24) is 5.32 Å². The van der Waals surface area contributed by atoms with Crippen LogP contribution in [0.15, 0.2) is 134 Å². The zero-order chi connectivity index (χ0) is 52.7. The molecular weight excluding hydrogens is 912 g/mol. The zero-order valence-electron chi connectivity index (χ0n) is 46.6. The van der Waals surface area contributed by atoms with Crippen molar-refractivity contribution in [3.63, 3.8) is 0 Å². The summed E-state index contributed by atoms with van der Waals surface area (Å²) in [7, 11) is 1.18. The highest BCUT2D eigenvalue weighted by Crippen LogP contribution is 2.38.